The van der Waals surface area contributed by atoms with E-state index in [-0.39, 0.29) is 11.9 Å². The number of amides is 1. The molecule has 0 saturated heterocycles. The van der Waals surface area contributed by atoms with Crippen molar-refractivity contribution in [3.05, 3.63) is 81.3 Å². The van der Waals surface area contributed by atoms with E-state index in [0.29, 0.717) is 41.5 Å². The lowest BCUT2D eigenvalue weighted by molar-refractivity contribution is 0.0659. The first-order chi connectivity index (χ1) is 16.5. The van der Waals surface area contributed by atoms with E-state index in [9.17, 15) is 4.79 Å². The maximum atomic E-state index is 13.6. The van der Waals surface area contributed by atoms with E-state index in [4.69, 9.17) is 18.9 Å². The fourth-order valence-electron chi connectivity index (χ4n) is 4.48. The van der Waals surface area contributed by atoms with Crippen molar-refractivity contribution in [1.82, 2.24) is 4.90 Å². The molecule has 1 heterocycles. The zero-order valence-corrected chi connectivity index (χ0v) is 21.3. The topological polar surface area (TPSA) is 57.2 Å². The normalized spacial score (nSPS) is 14.9. The Morgan fingerprint density at radius 2 is 1.47 bits per heavy atom. The van der Waals surface area contributed by atoms with Crippen LogP contribution in [0.4, 0.5) is 0 Å². The molecule has 0 bridgehead atoms. The van der Waals surface area contributed by atoms with Crippen LogP contribution in [0.1, 0.15) is 33.1 Å². The third-order valence-electron chi connectivity index (χ3n) is 6.23. The van der Waals surface area contributed by atoms with E-state index in [2.05, 4.69) is 15.9 Å². The Morgan fingerprint density at radius 3 is 2.12 bits per heavy atom. The van der Waals surface area contributed by atoms with Gasteiger partial charge in [0.05, 0.1) is 34.5 Å². The molecule has 0 fully saturated rings. The van der Waals surface area contributed by atoms with Crippen LogP contribution < -0.4 is 18.9 Å². The Bertz CT molecular complexity index is 1180. The molecule has 4 rings (SSSR count). The number of methoxy groups -OCH3 is 4. The molecule has 3 aromatic carbocycles. The Morgan fingerprint density at radius 1 is 0.853 bits per heavy atom. The van der Waals surface area contributed by atoms with Gasteiger partial charge >= 0.3 is 0 Å². The minimum Gasteiger partial charge on any atom is -0.493 e. The van der Waals surface area contributed by atoms with Crippen LogP contribution in [-0.4, -0.2) is 45.8 Å². The number of carbonyl (C=O) groups is 1. The van der Waals surface area contributed by atoms with Gasteiger partial charge in [0.15, 0.2) is 23.0 Å². The quantitative estimate of drug-likeness (QED) is 0.409. The van der Waals surface area contributed by atoms with E-state index in [0.717, 1.165) is 27.6 Å². The van der Waals surface area contributed by atoms with Gasteiger partial charge in [-0.1, -0.05) is 22.0 Å². The Kier molecular flexibility index (Phi) is 7.32. The van der Waals surface area contributed by atoms with Crippen molar-refractivity contribution in [1.29, 1.82) is 0 Å². The molecule has 0 spiro atoms. The minimum absolute atomic E-state index is 0.00147. The summed E-state index contributed by atoms with van der Waals surface area (Å²) in [5, 5.41) is 0. The number of halogens is 1. The van der Waals surface area contributed by atoms with E-state index in [1.165, 1.54) is 0 Å². The lowest BCUT2D eigenvalue weighted by atomic mass is 9.87. The van der Waals surface area contributed by atoms with Gasteiger partial charge in [0.25, 0.3) is 5.91 Å². The number of ether oxygens (including phenoxy) is 4. The molecule has 1 aliphatic rings. The van der Waals surface area contributed by atoms with Crippen molar-refractivity contribution in [2.75, 3.05) is 35.0 Å². The molecule has 0 N–H and O–H groups in total. The van der Waals surface area contributed by atoms with Crippen LogP contribution in [-0.2, 0) is 12.8 Å². The highest BCUT2D eigenvalue weighted by Gasteiger charge is 2.33. The summed E-state index contributed by atoms with van der Waals surface area (Å²) in [5.74, 6) is 2.67. The molecule has 0 aromatic heterocycles. The lowest BCUT2D eigenvalue weighted by Gasteiger charge is -2.38. The van der Waals surface area contributed by atoms with Gasteiger partial charge in [-0.05, 0) is 78.1 Å². The summed E-state index contributed by atoms with van der Waals surface area (Å²) in [6.45, 7) is 0.606. The maximum Gasteiger partial charge on any atom is 0.254 e. The van der Waals surface area contributed by atoms with Gasteiger partial charge in [0.2, 0.25) is 0 Å². The Balaban J connectivity index is 1.78. The van der Waals surface area contributed by atoms with E-state index >= 15 is 0 Å². The number of carbonyl (C=O) groups excluding carboxylic acids is 1. The number of fused-ring (bicyclic) bond motifs is 1. The molecule has 0 radical (unpaired) electrons. The first kappa shape index (κ1) is 24.0. The molecule has 3 aromatic rings. The third-order valence-corrected chi connectivity index (χ3v) is 6.76. The van der Waals surface area contributed by atoms with Crippen molar-refractivity contribution in [3.8, 4) is 23.0 Å². The fraction of sp³-hybridized carbons (Fsp3) is 0.296. The predicted octanol–water partition coefficient (Wildman–Crippen LogP) is 5.47. The number of rotatable bonds is 7. The highest BCUT2D eigenvalue weighted by Crippen LogP contribution is 2.41. The second-order valence-electron chi connectivity index (χ2n) is 8.07. The summed E-state index contributed by atoms with van der Waals surface area (Å²) >= 11 is 3.45. The van der Waals surface area contributed by atoms with Gasteiger partial charge in [-0.15, -0.1) is 0 Å². The van der Waals surface area contributed by atoms with Gasteiger partial charge in [-0.3, -0.25) is 4.79 Å². The number of benzene rings is 3. The van der Waals surface area contributed by atoms with Crippen LogP contribution in [0.15, 0.2) is 59.1 Å². The second-order valence-corrected chi connectivity index (χ2v) is 8.99. The minimum atomic E-state index is -0.183. The first-order valence-electron chi connectivity index (χ1n) is 11.0. The molecule has 34 heavy (non-hydrogen) atoms. The van der Waals surface area contributed by atoms with Crippen LogP contribution in [0.25, 0.3) is 0 Å². The highest BCUT2D eigenvalue weighted by atomic mass is 79.9. The summed E-state index contributed by atoms with van der Waals surface area (Å²) in [7, 11) is 6.50. The molecular formula is C27H28BrNO5. The van der Waals surface area contributed by atoms with E-state index in [1.54, 1.807) is 28.4 Å². The van der Waals surface area contributed by atoms with Crippen LogP contribution in [0.5, 0.6) is 23.0 Å². The Hall–Kier alpha value is -3.19. The van der Waals surface area contributed by atoms with Crippen LogP contribution in [0.2, 0.25) is 0 Å². The predicted molar refractivity (Wildman–Crippen MR) is 134 cm³/mol. The molecule has 1 atom stereocenters. The van der Waals surface area contributed by atoms with Gasteiger partial charge < -0.3 is 23.8 Å². The number of nitrogens with zero attached hydrogens (tertiary/aromatic N) is 1. The standard InChI is InChI=1S/C27H28BrNO5/c1-31-23-10-5-17(14-24(23)32-2)13-22-21-16-26(34-4)25(33-3)15-19(21)11-12-29(22)27(30)18-6-8-20(28)9-7-18/h5-10,14-16,22H,11-13H2,1-4H3/t22-/m0/s1. The van der Waals surface area contributed by atoms with Crippen molar-refractivity contribution in [2.45, 2.75) is 18.9 Å². The molecule has 6 nitrogen and oxygen atoms in total. The molecule has 0 saturated carbocycles. The lowest BCUT2D eigenvalue weighted by Crippen LogP contribution is -2.41. The summed E-state index contributed by atoms with van der Waals surface area (Å²) in [6, 6.07) is 17.2. The summed E-state index contributed by atoms with van der Waals surface area (Å²) < 4.78 is 23.0. The second kappa shape index (κ2) is 10.4. The molecule has 0 aliphatic carbocycles. The van der Waals surface area contributed by atoms with Gasteiger partial charge in [-0.2, -0.15) is 0 Å². The van der Waals surface area contributed by atoms with Gasteiger partial charge in [-0.25, -0.2) is 0 Å². The smallest absolute Gasteiger partial charge is 0.254 e. The van der Waals surface area contributed by atoms with Crippen LogP contribution >= 0.6 is 15.9 Å². The average Bonchev–Trinajstić information content (AvgIpc) is 2.87. The van der Waals surface area contributed by atoms with Crippen LogP contribution in [0, 0.1) is 0 Å². The van der Waals surface area contributed by atoms with Crippen molar-refractivity contribution >= 4 is 21.8 Å². The maximum absolute atomic E-state index is 13.6. The van der Waals surface area contributed by atoms with E-state index < -0.39 is 0 Å². The van der Waals surface area contributed by atoms with Gasteiger partial charge in [0, 0.05) is 16.6 Å². The molecule has 1 aliphatic heterocycles. The largest absolute Gasteiger partial charge is 0.493 e. The molecular weight excluding hydrogens is 498 g/mol. The van der Waals surface area contributed by atoms with Crippen LogP contribution in [0.3, 0.4) is 0 Å². The summed E-state index contributed by atoms with van der Waals surface area (Å²) in [5.41, 5.74) is 3.91. The van der Waals surface area contributed by atoms with E-state index in [1.807, 2.05) is 59.5 Å². The van der Waals surface area contributed by atoms with Gasteiger partial charge in [0.1, 0.15) is 0 Å². The third kappa shape index (κ3) is 4.71. The Labute approximate surface area is 208 Å². The fourth-order valence-corrected chi connectivity index (χ4v) is 4.74. The first-order valence-corrected chi connectivity index (χ1v) is 11.8. The molecule has 178 valence electrons. The SMILES string of the molecule is COc1ccc(C[C@H]2c3cc(OC)c(OC)cc3CCN2C(=O)c2ccc(Br)cc2)cc1OC. The van der Waals surface area contributed by atoms with Crippen molar-refractivity contribution in [3.63, 3.8) is 0 Å². The van der Waals surface area contributed by atoms with Crippen molar-refractivity contribution in [2.24, 2.45) is 0 Å². The zero-order valence-electron chi connectivity index (χ0n) is 19.8. The monoisotopic (exact) mass is 525 g/mol. The zero-order chi connectivity index (χ0) is 24.2. The molecule has 1 amide bonds. The molecule has 0 unspecified atom stereocenters. The number of hydrogen-bond acceptors (Lipinski definition) is 5. The summed E-state index contributed by atoms with van der Waals surface area (Å²) in [4.78, 5) is 15.6. The average molecular weight is 526 g/mol. The summed E-state index contributed by atoms with van der Waals surface area (Å²) in [6.07, 6.45) is 1.35. The van der Waals surface area contributed by atoms with Crippen molar-refractivity contribution < 1.29 is 23.7 Å². The number of hydrogen-bond donors (Lipinski definition) is 0. The molecule has 7 heteroatoms. The highest BCUT2D eigenvalue weighted by molar-refractivity contribution is 9.10.